The molecule has 0 spiro atoms. The minimum atomic E-state index is -0.491. The van der Waals surface area contributed by atoms with Crippen molar-refractivity contribution in [1.29, 1.82) is 0 Å². The van der Waals surface area contributed by atoms with Crippen LogP contribution in [0.1, 0.15) is 37.9 Å². The van der Waals surface area contributed by atoms with Crippen LogP contribution in [-0.4, -0.2) is 45.9 Å². The second-order valence-corrected chi connectivity index (χ2v) is 6.52. The molecule has 7 heteroatoms. The molecule has 146 valence electrons. The van der Waals surface area contributed by atoms with Gasteiger partial charge in [-0.2, -0.15) is 0 Å². The van der Waals surface area contributed by atoms with Crippen LogP contribution in [0.5, 0.6) is 0 Å². The number of amides is 1. The van der Waals surface area contributed by atoms with Gasteiger partial charge in [0.25, 0.3) is 0 Å². The second-order valence-electron chi connectivity index (χ2n) is 6.52. The summed E-state index contributed by atoms with van der Waals surface area (Å²) in [5.74, 6) is -0.270. The smallest absolute Gasteiger partial charge is 0.226 e. The van der Waals surface area contributed by atoms with Crippen molar-refractivity contribution >= 4 is 11.7 Å². The van der Waals surface area contributed by atoms with Crippen molar-refractivity contribution < 1.29 is 14.3 Å². The first-order valence-electron chi connectivity index (χ1n) is 9.39. The zero-order valence-electron chi connectivity index (χ0n) is 16.1. The number of aryl methyl sites for hydroxylation is 1. The number of Topliss-reactive ketones (excluding diaryl/α,β-unsaturated/α-hetero) is 1. The molecular weight excluding hydrogens is 344 g/mol. The lowest BCUT2D eigenvalue weighted by atomic mass is 10.0. The molecule has 0 saturated heterocycles. The fourth-order valence-electron chi connectivity index (χ4n) is 2.68. The van der Waals surface area contributed by atoms with Crippen LogP contribution in [0.15, 0.2) is 36.5 Å². The standard InChI is InChI=1S/C20H28N4O3/c1-3-12-27-13-11-24-15-18(22-23-24)14-20(26)21-19(16(2)25)10-9-17-7-5-4-6-8-17/h4-8,15,19H,3,9-14H2,1-2H3,(H,21,26). The number of carbonyl (C=O) groups is 2. The number of hydrogen-bond donors (Lipinski definition) is 1. The lowest BCUT2D eigenvalue weighted by Gasteiger charge is -2.15. The van der Waals surface area contributed by atoms with Gasteiger partial charge in [-0.3, -0.25) is 9.59 Å². The van der Waals surface area contributed by atoms with Gasteiger partial charge in [0.1, 0.15) is 0 Å². The minimum Gasteiger partial charge on any atom is -0.380 e. The molecule has 0 aliphatic carbocycles. The fraction of sp³-hybridized carbons (Fsp3) is 0.500. The highest BCUT2D eigenvalue weighted by molar-refractivity contribution is 5.88. The van der Waals surface area contributed by atoms with E-state index < -0.39 is 6.04 Å². The van der Waals surface area contributed by atoms with Gasteiger partial charge in [0.05, 0.1) is 31.3 Å². The molecule has 0 aliphatic heterocycles. The van der Waals surface area contributed by atoms with Crippen molar-refractivity contribution in [3.63, 3.8) is 0 Å². The maximum atomic E-state index is 12.3. The van der Waals surface area contributed by atoms with E-state index in [1.807, 2.05) is 30.3 Å². The number of carbonyl (C=O) groups excluding carboxylic acids is 2. The molecule has 2 aromatic rings. The summed E-state index contributed by atoms with van der Waals surface area (Å²) in [6.45, 7) is 5.44. The van der Waals surface area contributed by atoms with Crippen molar-refractivity contribution in [1.82, 2.24) is 20.3 Å². The zero-order valence-corrected chi connectivity index (χ0v) is 16.1. The van der Waals surface area contributed by atoms with Crippen LogP contribution in [-0.2, 0) is 33.7 Å². The average Bonchev–Trinajstić information content (AvgIpc) is 3.10. The van der Waals surface area contributed by atoms with E-state index in [9.17, 15) is 9.59 Å². The van der Waals surface area contributed by atoms with Crippen molar-refractivity contribution in [3.05, 3.63) is 47.8 Å². The summed E-state index contributed by atoms with van der Waals surface area (Å²) in [6, 6.07) is 9.43. The Morgan fingerprint density at radius 3 is 2.70 bits per heavy atom. The van der Waals surface area contributed by atoms with Gasteiger partial charge in [-0.1, -0.05) is 42.5 Å². The number of benzene rings is 1. The predicted octanol–water partition coefficient (Wildman–Crippen LogP) is 1.95. The molecule has 27 heavy (non-hydrogen) atoms. The highest BCUT2D eigenvalue weighted by Gasteiger charge is 2.18. The van der Waals surface area contributed by atoms with Gasteiger partial charge in [-0.25, -0.2) is 4.68 Å². The highest BCUT2D eigenvalue weighted by Crippen LogP contribution is 2.06. The number of rotatable bonds is 12. The maximum Gasteiger partial charge on any atom is 0.226 e. The van der Waals surface area contributed by atoms with E-state index in [1.165, 1.54) is 6.92 Å². The van der Waals surface area contributed by atoms with Gasteiger partial charge in [0.2, 0.25) is 5.91 Å². The van der Waals surface area contributed by atoms with Crippen LogP contribution < -0.4 is 5.32 Å². The van der Waals surface area contributed by atoms with Crippen molar-refractivity contribution in [2.24, 2.45) is 0 Å². The molecule has 0 fully saturated rings. The van der Waals surface area contributed by atoms with E-state index in [2.05, 4.69) is 22.6 Å². The summed E-state index contributed by atoms with van der Waals surface area (Å²) >= 11 is 0. The van der Waals surface area contributed by atoms with E-state index in [0.29, 0.717) is 25.3 Å². The van der Waals surface area contributed by atoms with Crippen LogP contribution in [0.25, 0.3) is 0 Å². The third kappa shape index (κ3) is 7.70. The quantitative estimate of drug-likeness (QED) is 0.576. The van der Waals surface area contributed by atoms with Gasteiger partial charge < -0.3 is 10.1 Å². The molecule has 1 aromatic carbocycles. The molecule has 0 radical (unpaired) electrons. The van der Waals surface area contributed by atoms with Crippen LogP contribution in [0.3, 0.4) is 0 Å². The first-order valence-corrected chi connectivity index (χ1v) is 9.39. The van der Waals surface area contributed by atoms with Gasteiger partial charge in [-0.05, 0) is 31.7 Å². The van der Waals surface area contributed by atoms with Crippen molar-refractivity contribution in [3.8, 4) is 0 Å². The molecule has 2 rings (SSSR count). The Morgan fingerprint density at radius 2 is 2.00 bits per heavy atom. The van der Waals surface area contributed by atoms with E-state index in [4.69, 9.17) is 4.74 Å². The van der Waals surface area contributed by atoms with Gasteiger partial charge in [-0.15, -0.1) is 5.10 Å². The normalized spacial score (nSPS) is 11.9. The summed E-state index contributed by atoms with van der Waals surface area (Å²) in [6.07, 6.45) is 4.13. The Morgan fingerprint density at radius 1 is 1.22 bits per heavy atom. The van der Waals surface area contributed by atoms with E-state index >= 15 is 0 Å². The molecule has 1 aromatic heterocycles. The lowest BCUT2D eigenvalue weighted by Crippen LogP contribution is -2.40. The van der Waals surface area contributed by atoms with Crippen molar-refractivity contribution in [2.75, 3.05) is 13.2 Å². The zero-order chi connectivity index (χ0) is 19.5. The molecule has 1 amide bonds. The Hall–Kier alpha value is -2.54. The monoisotopic (exact) mass is 372 g/mol. The van der Waals surface area contributed by atoms with Crippen LogP contribution in [0.4, 0.5) is 0 Å². The van der Waals surface area contributed by atoms with Gasteiger partial charge >= 0.3 is 0 Å². The van der Waals surface area contributed by atoms with Crippen LogP contribution in [0.2, 0.25) is 0 Å². The molecule has 0 aliphatic rings. The number of hydrogen-bond acceptors (Lipinski definition) is 5. The Kier molecular flexibility index (Phi) is 8.64. The molecular formula is C20H28N4O3. The molecule has 0 saturated carbocycles. The predicted molar refractivity (Wildman–Crippen MR) is 102 cm³/mol. The van der Waals surface area contributed by atoms with Crippen molar-refractivity contribution in [2.45, 2.75) is 52.1 Å². The van der Waals surface area contributed by atoms with Gasteiger partial charge in [0.15, 0.2) is 5.78 Å². The summed E-state index contributed by atoms with van der Waals surface area (Å²) < 4.78 is 7.08. The first-order chi connectivity index (χ1) is 13.1. The Labute approximate surface area is 160 Å². The summed E-state index contributed by atoms with van der Waals surface area (Å²) in [7, 11) is 0. The number of aromatic nitrogens is 3. The lowest BCUT2D eigenvalue weighted by molar-refractivity contribution is -0.126. The van der Waals surface area contributed by atoms with E-state index in [-0.39, 0.29) is 18.1 Å². The third-order valence-corrected chi connectivity index (χ3v) is 4.13. The minimum absolute atomic E-state index is 0.0454. The maximum absolute atomic E-state index is 12.3. The fourth-order valence-corrected chi connectivity index (χ4v) is 2.68. The highest BCUT2D eigenvalue weighted by atomic mass is 16.5. The second kappa shape index (κ2) is 11.2. The van der Waals surface area contributed by atoms with E-state index in [0.717, 1.165) is 25.0 Å². The molecule has 0 bridgehead atoms. The number of nitrogens with zero attached hydrogens (tertiary/aromatic N) is 3. The van der Waals surface area contributed by atoms with Crippen LogP contribution in [0, 0.1) is 0 Å². The third-order valence-electron chi connectivity index (χ3n) is 4.13. The summed E-state index contributed by atoms with van der Waals surface area (Å²) in [5, 5.41) is 10.8. The largest absolute Gasteiger partial charge is 0.380 e. The number of ketones is 1. The number of ether oxygens (including phenoxy) is 1. The summed E-state index contributed by atoms with van der Waals surface area (Å²) in [5.41, 5.74) is 1.72. The molecule has 7 nitrogen and oxygen atoms in total. The molecule has 1 atom stereocenters. The molecule has 1 N–H and O–H groups in total. The SMILES string of the molecule is CCCOCCn1cc(CC(=O)NC(CCc2ccccc2)C(C)=O)nn1. The Bertz CT molecular complexity index is 715. The molecule has 1 unspecified atom stereocenters. The molecule has 1 heterocycles. The Balaban J connectivity index is 1.79. The topological polar surface area (TPSA) is 86.1 Å². The van der Waals surface area contributed by atoms with Gasteiger partial charge in [0, 0.05) is 12.8 Å². The van der Waals surface area contributed by atoms with Crippen LogP contribution >= 0.6 is 0 Å². The first kappa shape index (κ1) is 20.8. The number of nitrogens with one attached hydrogen (secondary N) is 1. The van der Waals surface area contributed by atoms with E-state index in [1.54, 1.807) is 10.9 Å². The average molecular weight is 372 g/mol. The summed E-state index contributed by atoms with van der Waals surface area (Å²) in [4.78, 5) is 24.2.